The molecule has 4 rings (SSSR count). The van der Waals surface area contributed by atoms with E-state index in [1.54, 1.807) is 0 Å². The fourth-order valence-electron chi connectivity index (χ4n) is 3.18. The van der Waals surface area contributed by atoms with Gasteiger partial charge in [0, 0.05) is 19.0 Å². The first-order chi connectivity index (χ1) is 11.7. The van der Waals surface area contributed by atoms with Gasteiger partial charge in [0.25, 0.3) is 5.91 Å². The van der Waals surface area contributed by atoms with Crippen LogP contribution in [0.5, 0.6) is 0 Å². The maximum absolute atomic E-state index is 12.9. The Balaban J connectivity index is 1.56. The molecule has 1 N–H and O–H groups in total. The number of nitrogens with one attached hydrogen (secondary N) is 1. The normalized spacial score (nSPS) is 24.0. The molecule has 0 spiro atoms. The van der Waals surface area contributed by atoms with E-state index in [9.17, 15) is 4.79 Å². The summed E-state index contributed by atoms with van der Waals surface area (Å²) in [4.78, 5) is 19.2. The Kier molecular flexibility index (Phi) is 4.24. The second-order valence-electron chi connectivity index (χ2n) is 6.41. The molecule has 1 aromatic carbocycles. The van der Waals surface area contributed by atoms with Crippen molar-refractivity contribution >= 4 is 22.4 Å². The highest BCUT2D eigenvalue weighted by molar-refractivity contribution is 7.13. The summed E-state index contributed by atoms with van der Waals surface area (Å²) in [5, 5.41) is 5.58. The molecule has 0 radical (unpaired) electrons. The number of carbonyl (C=O) groups is 1. The molecule has 1 aliphatic carbocycles. The van der Waals surface area contributed by atoms with Gasteiger partial charge in [-0.3, -0.25) is 4.79 Å². The van der Waals surface area contributed by atoms with E-state index in [1.807, 2.05) is 35.5 Å². The third-order valence-electron chi connectivity index (χ3n) is 4.67. The maximum Gasteiger partial charge on any atom is 0.273 e. The van der Waals surface area contributed by atoms with Crippen molar-refractivity contribution in [1.82, 2.24) is 9.88 Å². The van der Waals surface area contributed by atoms with Crippen LogP contribution in [0.15, 0.2) is 35.7 Å². The SMILES string of the molecule is CNc1nc(C(=O)N2C[C@@H](c3ccccc3)O[C@@H](C3CC3)C2)cs1. The standard InChI is InChI=1S/C18H21N3O2S/c1-19-18-20-14(11-24-18)17(22)21-9-15(12-5-3-2-4-6-12)23-16(10-21)13-7-8-13/h2-6,11,13,15-16H,7-10H2,1H3,(H,19,20)/t15-,16+/m0/s1. The van der Waals surface area contributed by atoms with Crippen LogP contribution in [0.3, 0.4) is 0 Å². The van der Waals surface area contributed by atoms with Crippen LogP contribution in [0.2, 0.25) is 0 Å². The average molecular weight is 343 g/mol. The Labute approximate surface area is 145 Å². The predicted molar refractivity (Wildman–Crippen MR) is 94.3 cm³/mol. The summed E-state index contributed by atoms with van der Waals surface area (Å²) < 4.78 is 6.32. The number of benzene rings is 1. The molecule has 1 saturated heterocycles. The molecule has 1 amide bonds. The van der Waals surface area contributed by atoms with Gasteiger partial charge in [-0.05, 0) is 24.3 Å². The number of anilines is 1. The number of ether oxygens (including phenoxy) is 1. The van der Waals surface area contributed by atoms with E-state index in [-0.39, 0.29) is 18.1 Å². The van der Waals surface area contributed by atoms with Gasteiger partial charge in [0.2, 0.25) is 0 Å². The summed E-state index contributed by atoms with van der Waals surface area (Å²) in [7, 11) is 1.82. The van der Waals surface area contributed by atoms with Crippen molar-refractivity contribution in [2.75, 3.05) is 25.5 Å². The minimum Gasteiger partial charge on any atom is -0.366 e. The number of carbonyl (C=O) groups excluding carboxylic acids is 1. The van der Waals surface area contributed by atoms with E-state index >= 15 is 0 Å². The van der Waals surface area contributed by atoms with Crippen LogP contribution < -0.4 is 5.32 Å². The molecule has 126 valence electrons. The van der Waals surface area contributed by atoms with Gasteiger partial charge < -0.3 is 15.0 Å². The van der Waals surface area contributed by atoms with Crippen LogP contribution >= 0.6 is 11.3 Å². The summed E-state index contributed by atoms with van der Waals surface area (Å²) in [6.45, 7) is 1.25. The molecule has 1 aliphatic heterocycles. The number of amides is 1. The number of nitrogens with zero attached hydrogens (tertiary/aromatic N) is 2. The van der Waals surface area contributed by atoms with Gasteiger partial charge in [0.05, 0.1) is 12.6 Å². The molecule has 2 aliphatic rings. The van der Waals surface area contributed by atoms with E-state index in [4.69, 9.17) is 4.74 Å². The van der Waals surface area contributed by atoms with Crippen LogP contribution in [0.25, 0.3) is 0 Å². The molecule has 2 fully saturated rings. The quantitative estimate of drug-likeness (QED) is 0.926. The first-order valence-corrected chi connectivity index (χ1v) is 9.25. The molecule has 5 nitrogen and oxygen atoms in total. The number of hydrogen-bond donors (Lipinski definition) is 1. The van der Waals surface area contributed by atoms with Gasteiger partial charge in [-0.1, -0.05) is 30.3 Å². The fraction of sp³-hybridized carbons (Fsp3) is 0.444. The first-order valence-electron chi connectivity index (χ1n) is 8.37. The highest BCUT2D eigenvalue weighted by atomic mass is 32.1. The second kappa shape index (κ2) is 6.53. The third-order valence-corrected chi connectivity index (χ3v) is 5.53. The van der Waals surface area contributed by atoms with Crippen molar-refractivity contribution in [1.29, 1.82) is 0 Å². The average Bonchev–Trinajstić information content (AvgIpc) is 3.39. The minimum atomic E-state index is -0.0584. The number of aromatic nitrogens is 1. The zero-order valence-corrected chi connectivity index (χ0v) is 14.5. The fourth-order valence-corrected chi connectivity index (χ4v) is 3.83. The van der Waals surface area contributed by atoms with E-state index in [1.165, 1.54) is 24.2 Å². The lowest BCUT2D eigenvalue weighted by Gasteiger charge is -2.38. The molecule has 2 aromatic rings. The Morgan fingerprint density at radius 1 is 1.29 bits per heavy atom. The van der Waals surface area contributed by atoms with Gasteiger partial charge in [-0.25, -0.2) is 4.98 Å². The maximum atomic E-state index is 12.9. The number of morpholine rings is 1. The van der Waals surface area contributed by atoms with Gasteiger partial charge in [0.1, 0.15) is 11.8 Å². The smallest absolute Gasteiger partial charge is 0.273 e. The van der Waals surface area contributed by atoms with Crippen LogP contribution in [0.4, 0.5) is 5.13 Å². The molecule has 2 heterocycles. The van der Waals surface area contributed by atoms with Crippen LogP contribution in [0.1, 0.15) is 35.0 Å². The van der Waals surface area contributed by atoms with Gasteiger partial charge in [-0.2, -0.15) is 0 Å². The van der Waals surface area contributed by atoms with Crippen molar-refractivity contribution in [3.8, 4) is 0 Å². The number of hydrogen-bond acceptors (Lipinski definition) is 5. The third kappa shape index (κ3) is 3.16. The minimum absolute atomic E-state index is 0.00244. The van der Waals surface area contributed by atoms with Crippen molar-refractivity contribution in [2.24, 2.45) is 5.92 Å². The highest BCUT2D eigenvalue weighted by Gasteiger charge is 2.40. The number of thiazole rings is 1. The van der Waals surface area contributed by atoms with Crippen LogP contribution in [0, 0.1) is 5.92 Å². The number of rotatable bonds is 4. The largest absolute Gasteiger partial charge is 0.366 e. The predicted octanol–water partition coefficient (Wildman–Crippen LogP) is 3.18. The van der Waals surface area contributed by atoms with Crippen molar-refractivity contribution in [3.63, 3.8) is 0 Å². The van der Waals surface area contributed by atoms with E-state index < -0.39 is 0 Å². The van der Waals surface area contributed by atoms with E-state index in [0.29, 0.717) is 24.7 Å². The summed E-state index contributed by atoms with van der Waals surface area (Å²) in [5.74, 6) is 0.595. The zero-order valence-electron chi connectivity index (χ0n) is 13.6. The molecule has 6 heteroatoms. The molecule has 1 aromatic heterocycles. The Hall–Kier alpha value is -1.92. The van der Waals surface area contributed by atoms with E-state index in [2.05, 4.69) is 22.4 Å². The first kappa shape index (κ1) is 15.6. The molecule has 24 heavy (non-hydrogen) atoms. The molecule has 1 saturated carbocycles. The Bertz CT molecular complexity index is 714. The molecule has 2 atom stereocenters. The van der Waals surface area contributed by atoms with Crippen molar-refractivity contribution in [3.05, 3.63) is 47.0 Å². The monoisotopic (exact) mass is 343 g/mol. The van der Waals surface area contributed by atoms with Crippen LogP contribution in [-0.2, 0) is 4.74 Å². The molecule has 0 unspecified atom stereocenters. The summed E-state index contributed by atoms with van der Waals surface area (Å²) in [5.41, 5.74) is 1.66. The summed E-state index contributed by atoms with van der Waals surface area (Å²) in [6.07, 6.45) is 2.48. The Morgan fingerprint density at radius 3 is 2.75 bits per heavy atom. The van der Waals surface area contributed by atoms with Crippen LogP contribution in [-0.4, -0.2) is 42.0 Å². The molecule has 0 bridgehead atoms. The van der Waals surface area contributed by atoms with Crippen molar-refractivity contribution < 1.29 is 9.53 Å². The van der Waals surface area contributed by atoms with Gasteiger partial charge in [0.15, 0.2) is 5.13 Å². The second-order valence-corrected chi connectivity index (χ2v) is 7.27. The van der Waals surface area contributed by atoms with Gasteiger partial charge in [-0.15, -0.1) is 11.3 Å². The summed E-state index contributed by atoms with van der Waals surface area (Å²) in [6, 6.07) is 10.2. The lowest BCUT2D eigenvalue weighted by atomic mass is 10.0. The Morgan fingerprint density at radius 2 is 2.08 bits per heavy atom. The zero-order chi connectivity index (χ0) is 16.5. The van der Waals surface area contributed by atoms with E-state index in [0.717, 1.165) is 10.7 Å². The van der Waals surface area contributed by atoms with Crippen molar-refractivity contribution in [2.45, 2.75) is 25.0 Å². The molecular formula is C18H21N3O2S. The van der Waals surface area contributed by atoms with Gasteiger partial charge >= 0.3 is 0 Å². The lowest BCUT2D eigenvalue weighted by molar-refractivity contribution is -0.0864. The molecular weight excluding hydrogens is 322 g/mol. The topological polar surface area (TPSA) is 54.5 Å². The summed E-state index contributed by atoms with van der Waals surface area (Å²) >= 11 is 1.46. The highest BCUT2D eigenvalue weighted by Crippen LogP contribution is 2.39. The lowest BCUT2D eigenvalue weighted by Crippen LogP contribution is -2.47.